The molecule has 1 unspecified atom stereocenters. The Kier molecular flexibility index (Phi) is 6.75. The number of nitrogens with one attached hydrogen (secondary N) is 1. The van der Waals surface area contributed by atoms with Gasteiger partial charge in [-0.1, -0.05) is 0 Å². The molecule has 0 spiro atoms. The van der Waals surface area contributed by atoms with Gasteiger partial charge in [0.25, 0.3) is 5.91 Å². The van der Waals surface area contributed by atoms with Crippen LogP contribution >= 0.6 is 11.8 Å². The van der Waals surface area contributed by atoms with Gasteiger partial charge in [-0.25, -0.2) is 4.98 Å². The third-order valence-corrected chi connectivity index (χ3v) is 5.35. The molecule has 3 rings (SSSR count). The Morgan fingerprint density at radius 3 is 3.12 bits per heavy atom. The second-order valence-electron chi connectivity index (χ2n) is 6.02. The van der Waals surface area contributed by atoms with E-state index in [-0.39, 0.29) is 12.0 Å². The standard InChI is InChI=1S/C17H25N3O3S/c21-16(18-6-2-7-20-8-10-22-11-9-20)15-3-1-5-19-17(15)23-14-4-12-24-13-14/h1,3,5,14H,2,4,6-13H2,(H,18,21). The van der Waals surface area contributed by atoms with E-state index in [1.807, 2.05) is 11.8 Å². The topological polar surface area (TPSA) is 63.7 Å². The summed E-state index contributed by atoms with van der Waals surface area (Å²) in [6.45, 7) is 5.22. The lowest BCUT2D eigenvalue weighted by atomic mass is 10.2. The third-order valence-electron chi connectivity index (χ3n) is 4.22. The van der Waals surface area contributed by atoms with Crippen LogP contribution in [0.4, 0.5) is 0 Å². The van der Waals surface area contributed by atoms with Gasteiger partial charge in [0.15, 0.2) is 0 Å². The Hall–Kier alpha value is -1.31. The molecule has 6 nitrogen and oxygen atoms in total. The molecule has 3 heterocycles. The first kappa shape index (κ1) is 17.5. The maximum Gasteiger partial charge on any atom is 0.256 e. The minimum absolute atomic E-state index is 0.106. The van der Waals surface area contributed by atoms with Gasteiger partial charge in [0, 0.05) is 31.6 Å². The molecule has 0 aliphatic carbocycles. The van der Waals surface area contributed by atoms with Crippen molar-refractivity contribution in [1.29, 1.82) is 0 Å². The van der Waals surface area contributed by atoms with Crippen molar-refractivity contribution in [2.24, 2.45) is 0 Å². The lowest BCUT2D eigenvalue weighted by Gasteiger charge is -2.26. The van der Waals surface area contributed by atoms with E-state index in [1.165, 1.54) is 0 Å². The average molecular weight is 351 g/mol. The van der Waals surface area contributed by atoms with Crippen LogP contribution in [-0.2, 0) is 4.74 Å². The lowest BCUT2D eigenvalue weighted by Crippen LogP contribution is -2.38. The number of nitrogens with zero attached hydrogens (tertiary/aromatic N) is 2. The van der Waals surface area contributed by atoms with Gasteiger partial charge in [0.2, 0.25) is 5.88 Å². The molecule has 0 bridgehead atoms. The molecule has 2 aliphatic rings. The second kappa shape index (κ2) is 9.25. The molecule has 2 fully saturated rings. The number of amides is 1. The Morgan fingerprint density at radius 2 is 2.33 bits per heavy atom. The van der Waals surface area contributed by atoms with E-state index >= 15 is 0 Å². The summed E-state index contributed by atoms with van der Waals surface area (Å²) < 4.78 is 11.3. The minimum atomic E-state index is -0.106. The number of carbonyl (C=O) groups is 1. The summed E-state index contributed by atoms with van der Waals surface area (Å²) in [6.07, 6.45) is 3.79. The molecule has 0 radical (unpaired) electrons. The van der Waals surface area contributed by atoms with Gasteiger partial charge in [0.05, 0.1) is 13.2 Å². The van der Waals surface area contributed by atoms with Crippen LogP contribution in [0.1, 0.15) is 23.2 Å². The highest BCUT2D eigenvalue weighted by Crippen LogP contribution is 2.24. The molecule has 2 aliphatic heterocycles. The summed E-state index contributed by atoms with van der Waals surface area (Å²) in [5, 5.41) is 2.98. The summed E-state index contributed by atoms with van der Waals surface area (Å²) >= 11 is 1.88. The Labute approximate surface area is 147 Å². The smallest absolute Gasteiger partial charge is 0.256 e. The maximum atomic E-state index is 12.4. The van der Waals surface area contributed by atoms with Gasteiger partial charge in [-0.05, 0) is 37.3 Å². The van der Waals surface area contributed by atoms with Gasteiger partial charge in [-0.15, -0.1) is 0 Å². The van der Waals surface area contributed by atoms with E-state index in [4.69, 9.17) is 9.47 Å². The first-order chi connectivity index (χ1) is 11.8. The summed E-state index contributed by atoms with van der Waals surface area (Å²) in [5.41, 5.74) is 0.528. The van der Waals surface area contributed by atoms with E-state index in [9.17, 15) is 4.79 Å². The number of aromatic nitrogens is 1. The molecular weight excluding hydrogens is 326 g/mol. The number of hydrogen-bond acceptors (Lipinski definition) is 6. The highest BCUT2D eigenvalue weighted by molar-refractivity contribution is 7.99. The number of hydrogen-bond donors (Lipinski definition) is 1. The number of ether oxygens (including phenoxy) is 2. The van der Waals surface area contributed by atoms with Crippen LogP contribution < -0.4 is 10.1 Å². The molecular formula is C17H25N3O3S. The van der Waals surface area contributed by atoms with Crippen molar-refractivity contribution in [3.8, 4) is 5.88 Å². The van der Waals surface area contributed by atoms with Gasteiger partial charge in [-0.3, -0.25) is 9.69 Å². The molecule has 1 aromatic rings. The zero-order valence-corrected chi connectivity index (χ0v) is 14.7. The van der Waals surface area contributed by atoms with E-state index in [2.05, 4.69) is 15.2 Å². The first-order valence-electron chi connectivity index (χ1n) is 8.60. The average Bonchev–Trinajstić information content (AvgIpc) is 3.13. The van der Waals surface area contributed by atoms with Gasteiger partial charge >= 0.3 is 0 Å². The molecule has 2 saturated heterocycles. The summed E-state index contributed by atoms with van der Waals surface area (Å²) in [4.78, 5) is 19.0. The van der Waals surface area contributed by atoms with E-state index < -0.39 is 0 Å². The van der Waals surface area contributed by atoms with Crippen LogP contribution in [0.25, 0.3) is 0 Å². The minimum Gasteiger partial charge on any atom is -0.473 e. The highest BCUT2D eigenvalue weighted by atomic mass is 32.2. The Bertz CT molecular complexity index is 532. The monoisotopic (exact) mass is 351 g/mol. The molecule has 1 N–H and O–H groups in total. The largest absolute Gasteiger partial charge is 0.473 e. The SMILES string of the molecule is O=C(NCCCN1CCOCC1)c1cccnc1OC1CCSC1. The van der Waals surface area contributed by atoms with Crippen LogP contribution in [0.15, 0.2) is 18.3 Å². The molecule has 1 atom stereocenters. The van der Waals surface area contributed by atoms with Crippen molar-refractivity contribution in [3.63, 3.8) is 0 Å². The quantitative estimate of drug-likeness (QED) is 0.750. The molecule has 24 heavy (non-hydrogen) atoms. The number of rotatable bonds is 7. The molecule has 1 aromatic heterocycles. The highest BCUT2D eigenvalue weighted by Gasteiger charge is 2.21. The number of morpholine rings is 1. The fourth-order valence-corrected chi connectivity index (χ4v) is 3.94. The van der Waals surface area contributed by atoms with Crippen LogP contribution in [0.5, 0.6) is 5.88 Å². The lowest BCUT2D eigenvalue weighted by molar-refractivity contribution is 0.0374. The summed E-state index contributed by atoms with van der Waals surface area (Å²) in [6, 6.07) is 3.56. The summed E-state index contributed by atoms with van der Waals surface area (Å²) in [7, 11) is 0. The zero-order valence-electron chi connectivity index (χ0n) is 13.9. The molecule has 0 saturated carbocycles. The zero-order chi connectivity index (χ0) is 16.6. The van der Waals surface area contributed by atoms with Crippen LogP contribution in [0, 0.1) is 0 Å². The fourth-order valence-electron chi connectivity index (χ4n) is 2.85. The van der Waals surface area contributed by atoms with Crippen molar-refractivity contribution in [2.75, 3.05) is 50.9 Å². The van der Waals surface area contributed by atoms with Crippen molar-refractivity contribution >= 4 is 17.7 Å². The van der Waals surface area contributed by atoms with E-state index in [1.54, 1.807) is 18.3 Å². The van der Waals surface area contributed by atoms with Crippen LogP contribution in [0.3, 0.4) is 0 Å². The number of carbonyl (C=O) groups excluding carboxylic acids is 1. The number of pyridine rings is 1. The second-order valence-corrected chi connectivity index (χ2v) is 7.17. The van der Waals surface area contributed by atoms with Crippen molar-refractivity contribution in [2.45, 2.75) is 18.9 Å². The molecule has 132 valence electrons. The van der Waals surface area contributed by atoms with Crippen molar-refractivity contribution < 1.29 is 14.3 Å². The van der Waals surface area contributed by atoms with Crippen LogP contribution in [0.2, 0.25) is 0 Å². The van der Waals surface area contributed by atoms with Crippen molar-refractivity contribution in [1.82, 2.24) is 15.2 Å². The van der Waals surface area contributed by atoms with Crippen molar-refractivity contribution in [3.05, 3.63) is 23.9 Å². The predicted molar refractivity (Wildman–Crippen MR) is 94.8 cm³/mol. The third kappa shape index (κ3) is 5.09. The normalized spacial score (nSPS) is 21.6. The molecule has 7 heteroatoms. The maximum absolute atomic E-state index is 12.4. The van der Waals surface area contributed by atoms with E-state index in [0.717, 1.165) is 57.2 Å². The van der Waals surface area contributed by atoms with Gasteiger partial charge in [-0.2, -0.15) is 11.8 Å². The van der Waals surface area contributed by atoms with Crippen LogP contribution in [-0.4, -0.2) is 72.8 Å². The fraction of sp³-hybridized carbons (Fsp3) is 0.647. The Morgan fingerprint density at radius 1 is 1.46 bits per heavy atom. The van der Waals surface area contributed by atoms with Gasteiger partial charge < -0.3 is 14.8 Å². The summed E-state index contributed by atoms with van der Waals surface area (Å²) in [5.74, 6) is 2.43. The van der Waals surface area contributed by atoms with Gasteiger partial charge in [0.1, 0.15) is 11.7 Å². The predicted octanol–water partition coefficient (Wildman–Crippen LogP) is 1.42. The first-order valence-corrected chi connectivity index (χ1v) is 9.76. The van der Waals surface area contributed by atoms with E-state index in [0.29, 0.717) is 18.0 Å². The molecule has 0 aromatic carbocycles. The number of thioether (sulfide) groups is 1. The molecule has 1 amide bonds. The Balaban J connectivity index is 1.45.